The minimum absolute atomic E-state index is 0.678. The van der Waals surface area contributed by atoms with Crippen molar-refractivity contribution in [2.75, 3.05) is 24.8 Å². The number of hydrogen-bond donors (Lipinski definition) is 1. The average Bonchev–Trinajstić information content (AvgIpc) is 2.75. The van der Waals surface area contributed by atoms with Crippen molar-refractivity contribution >= 4 is 38.6 Å². The summed E-state index contributed by atoms with van der Waals surface area (Å²) in [5, 5.41) is 2.14. The molecule has 0 bridgehead atoms. The third-order valence-corrected chi connectivity index (χ3v) is 4.27. The third kappa shape index (κ3) is 2.79. The Balaban J connectivity index is 2.21. The van der Waals surface area contributed by atoms with Gasteiger partial charge in [0.05, 0.1) is 22.3 Å². The minimum Gasteiger partial charge on any atom is -0.495 e. The number of halogens is 1. The molecule has 0 fully saturated rings. The van der Waals surface area contributed by atoms with E-state index in [1.54, 1.807) is 18.4 Å². The number of nitrogens with two attached hydrogens (primary N) is 1. The van der Waals surface area contributed by atoms with E-state index in [1.165, 1.54) is 5.56 Å². The van der Waals surface area contributed by atoms with Crippen LogP contribution in [0.5, 0.6) is 5.75 Å². The lowest BCUT2D eigenvalue weighted by molar-refractivity contribution is 0.417. The van der Waals surface area contributed by atoms with E-state index in [4.69, 9.17) is 10.5 Å². The predicted molar refractivity (Wildman–Crippen MR) is 81.5 cm³/mol. The first kappa shape index (κ1) is 13.2. The van der Waals surface area contributed by atoms with E-state index in [-0.39, 0.29) is 0 Å². The quantitative estimate of drug-likeness (QED) is 0.870. The van der Waals surface area contributed by atoms with Crippen molar-refractivity contribution in [3.8, 4) is 5.75 Å². The molecule has 0 radical (unpaired) electrons. The van der Waals surface area contributed by atoms with Gasteiger partial charge >= 0.3 is 0 Å². The van der Waals surface area contributed by atoms with Crippen molar-refractivity contribution in [2.45, 2.75) is 6.54 Å². The topological polar surface area (TPSA) is 38.5 Å². The Morgan fingerprint density at radius 1 is 1.44 bits per heavy atom. The number of thiophene rings is 1. The number of hydrogen-bond acceptors (Lipinski definition) is 4. The van der Waals surface area contributed by atoms with Crippen molar-refractivity contribution in [3.63, 3.8) is 0 Å². The van der Waals surface area contributed by atoms with Gasteiger partial charge in [-0.2, -0.15) is 0 Å². The Labute approximate surface area is 119 Å². The fourth-order valence-corrected chi connectivity index (χ4v) is 3.03. The smallest absolute Gasteiger partial charge is 0.143 e. The first-order valence-electron chi connectivity index (χ1n) is 5.48. The lowest BCUT2D eigenvalue weighted by Gasteiger charge is -2.21. The van der Waals surface area contributed by atoms with E-state index < -0.39 is 0 Å². The van der Waals surface area contributed by atoms with Crippen LogP contribution >= 0.6 is 27.3 Å². The van der Waals surface area contributed by atoms with Gasteiger partial charge in [0.25, 0.3) is 0 Å². The molecule has 2 rings (SSSR count). The maximum Gasteiger partial charge on any atom is 0.143 e. The van der Waals surface area contributed by atoms with E-state index in [0.29, 0.717) is 11.4 Å². The SMILES string of the molecule is COc1cccc(N(C)Cc2csc(Br)c2)c1N. The van der Waals surface area contributed by atoms with Gasteiger partial charge in [-0.25, -0.2) is 0 Å². The van der Waals surface area contributed by atoms with Gasteiger partial charge in [-0.1, -0.05) is 6.07 Å². The Bertz CT molecular complexity index is 542. The fraction of sp³-hybridized carbons (Fsp3) is 0.231. The molecule has 0 unspecified atom stereocenters. The number of rotatable bonds is 4. The Morgan fingerprint density at radius 3 is 2.83 bits per heavy atom. The highest BCUT2D eigenvalue weighted by Crippen LogP contribution is 2.32. The van der Waals surface area contributed by atoms with Gasteiger partial charge in [-0.05, 0) is 45.1 Å². The van der Waals surface area contributed by atoms with Crippen LogP contribution in [-0.4, -0.2) is 14.2 Å². The van der Waals surface area contributed by atoms with Gasteiger partial charge in [0.2, 0.25) is 0 Å². The molecule has 2 aromatic rings. The van der Waals surface area contributed by atoms with Crippen LogP contribution in [0.15, 0.2) is 33.4 Å². The van der Waals surface area contributed by atoms with Crippen LogP contribution in [0.25, 0.3) is 0 Å². The van der Waals surface area contributed by atoms with Crippen LogP contribution in [0.1, 0.15) is 5.56 Å². The highest BCUT2D eigenvalue weighted by atomic mass is 79.9. The van der Waals surface area contributed by atoms with Crippen molar-refractivity contribution in [1.82, 2.24) is 0 Å². The molecule has 2 N–H and O–H groups in total. The van der Waals surface area contributed by atoms with E-state index in [1.807, 2.05) is 25.2 Å². The van der Waals surface area contributed by atoms with Crippen molar-refractivity contribution < 1.29 is 4.74 Å². The molecule has 96 valence electrons. The lowest BCUT2D eigenvalue weighted by Crippen LogP contribution is -2.17. The summed E-state index contributed by atoms with van der Waals surface area (Å²) in [4.78, 5) is 2.12. The average molecular weight is 327 g/mol. The second-order valence-electron chi connectivity index (χ2n) is 4.01. The number of nitrogen functional groups attached to an aromatic ring is 1. The van der Waals surface area contributed by atoms with Gasteiger partial charge < -0.3 is 15.4 Å². The zero-order valence-corrected chi connectivity index (χ0v) is 12.7. The number of para-hydroxylation sites is 1. The van der Waals surface area contributed by atoms with Gasteiger partial charge in [0, 0.05) is 13.6 Å². The summed E-state index contributed by atoms with van der Waals surface area (Å²) in [6.07, 6.45) is 0. The zero-order chi connectivity index (χ0) is 13.1. The number of benzene rings is 1. The molecule has 5 heteroatoms. The molecular formula is C13H15BrN2OS. The number of anilines is 2. The van der Waals surface area contributed by atoms with E-state index in [2.05, 4.69) is 32.3 Å². The summed E-state index contributed by atoms with van der Waals surface area (Å²) in [6, 6.07) is 7.94. The Morgan fingerprint density at radius 2 is 2.22 bits per heavy atom. The molecule has 0 saturated carbocycles. The Kier molecular flexibility index (Phi) is 4.14. The molecule has 1 heterocycles. The zero-order valence-electron chi connectivity index (χ0n) is 10.3. The normalized spacial score (nSPS) is 10.4. The van der Waals surface area contributed by atoms with Gasteiger partial charge in [0.1, 0.15) is 5.75 Å². The van der Waals surface area contributed by atoms with Crippen LogP contribution in [0.2, 0.25) is 0 Å². The molecular weight excluding hydrogens is 312 g/mol. The highest BCUT2D eigenvalue weighted by molar-refractivity contribution is 9.11. The van der Waals surface area contributed by atoms with Crippen LogP contribution in [0.3, 0.4) is 0 Å². The van der Waals surface area contributed by atoms with Crippen molar-refractivity contribution in [3.05, 3.63) is 39.0 Å². The van der Waals surface area contributed by atoms with Crippen LogP contribution in [-0.2, 0) is 6.54 Å². The molecule has 1 aromatic carbocycles. The molecule has 0 aliphatic rings. The number of nitrogens with zero attached hydrogens (tertiary/aromatic N) is 1. The standard InChI is InChI=1S/C13H15BrN2OS/c1-16(7-9-6-12(14)18-8-9)10-4-3-5-11(17-2)13(10)15/h3-6,8H,7,15H2,1-2H3. The summed E-state index contributed by atoms with van der Waals surface area (Å²) in [6.45, 7) is 0.819. The highest BCUT2D eigenvalue weighted by Gasteiger charge is 2.10. The molecule has 0 spiro atoms. The van der Waals surface area contributed by atoms with E-state index >= 15 is 0 Å². The molecule has 0 aliphatic heterocycles. The molecule has 0 atom stereocenters. The van der Waals surface area contributed by atoms with Crippen molar-refractivity contribution in [1.29, 1.82) is 0 Å². The first-order valence-corrected chi connectivity index (χ1v) is 7.15. The molecule has 0 saturated heterocycles. The number of methoxy groups -OCH3 is 1. The monoisotopic (exact) mass is 326 g/mol. The summed E-state index contributed by atoms with van der Waals surface area (Å²) in [5.41, 5.74) is 9.00. The van der Waals surface area contributed by atoms with Crippen LogP contribution < -0.4 is 15.4 Å². The van der Waals surface area contributed by atoms with Gasteiger partial charge in [-0.15, -0.1) is 11.3 Å². The maximum absolute atomic E-state index is 6.08. The number of ether oxygens (including phenoxy) is 1. The summed E-state index contributed by atoms with van der Waals surface area (Å²) >= 11 is 5.16. The van der Waals surface area contributed by atoms with Crippen LogP contribution in [0.4, 0.5) is 11.4 Å². The van der Waals surface area contributed by atoms with E-state index in [9.17, 15) is 0 Å². The molecule has 3 nitrogen and oxygen atoms in total. The molecule has 1 aromatic heterocycles. The summed E-state index contributed by atoms with van der Waals surface area (Å²) < 4.78 is 6.38. The minimum atomic E-state index is 0.678. The lowest BCUT2D eigenvalue weighted by atomic mass is 10.2. The predicted octanol–water partition coefficient (Wildman–Crippen LogP) is 3.74. The largest absolute Gasteiger partial charge is 0.495 e. The van der Waals surface area contributed by atoms with Gasteiger partial charge in [0.15, 0.2) is 0 Å². The third-order valence-electron chi connectivity index (χ3n) is 2.72. The first-order chi connectivity index (χ1) is 8.61. The molecule has 18 heavy (non-hydrogen) atoms. The van der Waals surface area contributed by atoms with Crippen LogP contribution in [0, 0.1) is 0 Å². The Hall–Kier alpha value is -1.20. The second-order valence-corrected chi connectivity index (χ2v) is 6.30. The van der Waals surface area contributed by atoms with E-state index in [0.717, 1.165) is 16.0 Å². The summed E-state index contributed by atoms with van der Waals surface area (Å²) in [7, 11) is 3.65. The molecule has 0 amide bonds. The summed E-state index contributed by atoms with van der Waals surface area (Å²) in [5.74, 6) is 0.714. The maximum atomic E-state index is 6.08. The fourth-order valence-electron chi connectivity index (χ4n) is 1.83. The van der Waals surface area contributed by atoms with Crippen molar-refractivity contribution in [2.24, 2.45) is 0 Å². The molecule has 0 aliphatic carbocycles. The van der Waals surface area contributed by atoms with Gasteiger partial charge in [-0.3, -0.25) is 0 Å². The second kappa shape index (κ2) is 5.63.